The SMILES string of the molecule is CC(C)N(CC1CC1)S(=O)(=O)Cc1cccc(CCl)c1. The van der Waals surface area contributed by atoms with Crippen molar-refractivity contribution in [3.05, 3.63) is 35.4 Å². The van der Waals surface area contributed by atoms with Gasteiger partial charge in [0.1, 0.15) is 0 Å². The number of nitrogens with zero attached hydrogens (tertiary/aromatic N) is 1. The zero-order valence-corrected chi connectivity index (χ0v) is 13.6. The van der Waals surface area contributed by atoms with E-state index in [1.54, 1.807) is 4.31 Å². The summed E-state index contributed by atoms with van der Waals surface area (Å²) in [5.74, 6) is 1.02. The average Bonchev–Trinajstić information content (AvgIpc) is 3.19. The highest BCUT2D eigenvalue weighted by Crippen LogP contribution is 2.31. The molecule has 1 aromatic rings. The van der Waals surface area contributed by atoms with Gasteiger partial charge in [0, 0.05) is 18.5 Å². The van der Waals surface area contributed by atoms with Crippen LogP contribution in [0.2, 0.25) is 0 Å². The third kappa shape index (κ3) is 4.21. The van der Waals surface area contributed by atoms with E-state index < -0.39 is 10.0 Å². The summed E-state index contributed by atoms with van der Waals surface area (Å²) in [4.78, 5) is 0. The molecule has 0 unspecified atom stereocenters. The van der Waals surface area contributed by atoms with Crippen LogP contribution in [0.5, 0.6) is 0 Å². The summed E-state index contributed by atoms with van der Waals surface area (Å²) >= 11 is 5.80. The molecule has 1 saturated carbocycles. The topological polar surface area (TPSA) is 37.4 Å². The largest absolute Gasteiger partial charge is 0.218 e. The predicted octanol–water partition coefficient (Wildman–Crippen LogP) is 3.38. The average molecular weight is 316 g/mol. The van der Waals surface area contributed by atoms with E-state index in [2.05, 4.69) is 0 Å². The van der Waals surface area contributed by atoms with Gasteiger partial charge in [-0.3, -0.25) is 0 Å². The van der Waals surface area contributed by atoms with Crippen molar-refractivity contribution in [1.29, 1.82) is 0 Å². The number of halogens is 1. The fraction of sp³-hybridized carbons (Fsp3) is 0.600. The van der Waals surface area contributed by atoms with Gasteiger partial charge >= 0.3 is 0 Å². The third-order valence-electron chi connectivity index (χ3n) is 3.56. The lowest BCUT2D eigenvalue weighted by Crippen LogP contribution is -2.39. The smallest absolute Gasteiger partial charge is 0.212 e. The Bertz CT molecular complexity index is 553. The van der Waals surface area contributed by atoms with Crippen LogP contribution in [0.3, 0.4) is 0 Å². The molecule has 20 heavy (non-hydrogen) atoms. The Balaban J connectivity index is 2.14. The lowest BCUT2D eigenvalue weighted by atomic mass is 10.2. The lowest BCUT2D eigenvalue weighted by molar-refractivity contribution is 0.341. The van der Waals surface area contributed by atoms with E-state index in [9.17, 15) is 8.42 Å². The van der Waals surface area contributed by atoms with Gasteiger partial charge in [-0.25, -0.2) is 8.42 Å². The molecular formula is C15H22ClNO2S. The molecular weight excluding hydrogens is 294 g/mol. The van der Waals surface area contributed by atoms with Gasteiger partial charge < -0.3 is 0 Å². The van der Waals surface area contributed by atoms with Gasteiger partial charge in [0.2, 0.25) is 10.0 Å². The molecule has 0 bridgehead atoms. The number of hydrogen-bond acceptors (Lipinski definition) is 2. The Hall–Kier alpha value is -0.580. The highest BCUT2D eigenvalue weighted by molar-refractivity contribution is 7.88. The minimum atomic E-state index is -3.26. The van der Waals surface area contributed by atoms with E-state index in [0.717, 1.165) is 24.0 Å². The van der Waals surface area contributed by atoms with Crippen LogP contribution in [0.4, 0.5) is 0 Å². The van der Waals surface area contributed by atoms with E-state index in [1.807, 2.05) is 38.1 Å². The van der Waals surface area contributed by atoms with Gasteiger partial charge in [0.25, 0.3) is 0 Å². The van der Waals surface area contributed by atoms with E-state index in [-0.39, 0.29) is 11.8 Å². The maximum absolute atomic E-state index is 12.6. The molecule has 0 radical (unpaired) electrons. The molecule has 3 nitrogen and oxygen atoms in total. The van der Waals surface area contributed by atoms with Crippen molar-refractivity contribution in [2.24, 2.45) is 5.92 Å². The predicted molar refractivity (Wildman–Crippen MR) is 83.2 cm³/mol. The van der Waals surface area contributed by atoms with Crippen LogP contribution in [-0.4, -0.2) is 25.3 Å². The molecule has 1 aliphatic carbocycles. The fourth-order valence-electron chi connectivity index (χ4n) is 2.30. The van der Waals surface area contributed by atoms with Crippen molar-refractivity contribution in [3.8, 4) is 0 Å². The summed E-state index contributed by atoms with van der Waals surface area (Å²) in [6, 6.07) is 7.51. The minimum absolute atomic E-state index is 0.0109. The van der Waals surface area contributed by atoms with Crippen LogP contribution in [0.1, 0.15) is 37.8 Å². The van der Waals surface area contributed by atoms with E-state index >= 15 is 0 Å². The monoisotopic (exact) mass is 315 g/mol. The zero-order chi connectivity index (χ0) is 14.8. The first-order chi connectivity index (χ1) is 9.42. The second-order valence-corrected chi connectivity index (χ2v) is 8.01. The lowest BCUT2D eigenvalue weighted by Gasteiger charge is -2.26. The van der Waals surface area contributed by atoms with Crippen LogP contribution in [0, 0.1) is 5.92 Å². The van der Waals surface area contributed by atoms with Crippen molar-refractivity contribution in [3.63, 3.8) is 0 Å². The first kappa shape index (κ1) is 15.8. The normalized spacial score (nSPS) is 16.1. The maximum atomic E-state index is 12.6. The van der Waals surface area contributed by atoms with Crippen LogP contribution in [0.15, 0.2) is 24.3 Å². The Morgan fingerprint density at radius 2 is 1.95 bits per heavy atom. The van der Waals surface area contributed by atoms with Gasteiger partial charge in [-0.1, -0.05) is 24.3 Å². The summed E-state index contributed by atoms with van der Waals surface area (Å²) in [6.45, 7) is 4.54. The van der Waals surface area contributed by atoms with E-state index in [4.69, 9.17) is 11.6 Å². The molecule has 0 aliphatic heterocycles. The van der Waals surface area contributed by atoms with Crippen LogP contribution < -0.4 is 0 Å². The number of sulfonamides is 1. The molecule has 1 fully saturated rings. The van der Waals surface area contributed by atoms with Crippen molar-refractivity contribution in [2.45, 2.75) is 44.4 Å². The van der Waals surface area contributed by atoms with Gasteiger partial charge in [0.05, 0.1) is 5.75 Å². The van der Waals surface area contributed by atoms with Gasteiger partial charge in [-0.15, -0.1) is 11.6 Å². The molecule has 112 valence electrons. The third-order valence-corrected chi connectivity index (χ3v) is 5.86. The molecule has 2 rings (SSSR count). The summed E-state index contributed by atoms with van der Waals surface area (Å²) in [5.41, 5.74) is 1.77. The number of hydrogen-bond donors (Lipinski definition) is 0. The Kier molecular flexibility index (Phi) is 5.10. The van der Waals surface area contributed by atoms with Gasteiger partial charge in [-0.05, 0) is 43.7 Å². The number of rotatable bonds is 7. The molecule has 0 aromatic heterocycles. The van der Waals surface area contributed by atoms with E-state index in [0.29, 0.717) is 18.3 Å². The molecule has 0 amide bonds. The summed E-state index contributed by atoms with van der Waals surface area (Å²) in [6.07, 6.45) is 2.31. The first-order valence-corrected chi connectivity index (χ1v) is 9.20. The Morgan fingerprint density at radius 3 is 2.50 bits per heavy atom. The van der Waals surface area contributed by atoms with Crippen LogP contribution in [0.25, 0.3) is 0 Å². The van der Waals surface area contributed by atoms with Crippen molar-refractivity contribution < 1.29 is 8.42 Å². The highest BCUT2D eigenvalue weighted by Gasteiger charge is 2.32. The fourth-order valence-corrected chi connectivity index (χ4v) is 4.31. The van der Waals surface area contributed by atoms with Crippen molar-refractivity contribution >= 4 is 21.6 Å². The quantitative estimate of drug-likeness (QED) is 0.723. The first-order valence-electron chi connectivity index (χ1n) is 7.05. The van der Waals surface area contributed by atoms with Crippen molar-refractivity contribution in [1.82, 2.24) is 4.31 Å². The van der Waals surface area contributed by atoms with E-state index in [1.165, 1.54) is 0 Å². The second-order valence-electron chi connectivity index (χ2n) is 5.82. The second kappa shape index (κ2) is 6.46. The maximum Gasteiger partial charge on any atom is 0.218 e. The summed E-state index contributed by atoms with van der Waals surface area (Å²) in [7, 11) is -3.26. The Morgan fingerprint density at radius 1 is 1.30 bits per heavy atom. The van der Waals surface area contributed by atoms with Gasteiger partial charge in [0.15, 0.2) is 0 Å². The molecule has 1 aromatic carbocycles. The summed E-state index contributed by atoms with van der Waals surface area (Å²) < 4.78 is 26.8. The van der Waals surface area contributed by atoms with Crippen LogP contribution >= 0.6 is 11.6 Å². The standard InChI is InChI=1S/C15H22ClNO2S/c1-12(2)17(10-13-6-7-13)20(18,19)11-15-5-3-4-14(8-15)9-16/h3-5,8,12-13H,6-7,9-11H2,1-2H3. The van der Waals surface area contributed by atoms with Gasteiger partial charge in [-0.2, -0.15) is 4.31 Å². The zero-order valence-electron chi connectivity index (χ0n) is 12.0. The highest BCUT2D eigenvalue weighted by atomic mass is 35.5. The molecule has 1 aliphatic rings. The number of benzene rings is 1. The molecule has 5 heteroatoms. The molecule has 0 N–H and O–H groups in total. The minimum Gasteiger partial charge on any atom is -0.212 e. The number of alkyl halides is 1. The molecule has 0 atom stereocenters. The van der Waals surface area contributed by atoms with Crippen molar-refractivity contribution in [2.75, 3.05) is 6.54 Å². The summed E-state index contributed by atoms with van der Waals surface area (Å²) in [5, 5.41) is 0. The molecule has 0 heterocycles. The Labute approximate surface area is 127 Å². The molecule has 0 spiro atoms. The van der Waals surface area contributed by atoms with Crippen LogP contribution in [-0.2, 0) is 21.7 Å². The molecule has 0 saturated heterocycles.